The molecular formula is C13H23N5. The smallest absolute Gasteiger partial charge is 0.225 e. The summed E-state index contributed by atoms with van der Waals surface area (Å²) >= 11 is 0. The molecule has 18 heavy (non-hydrogen) atoms. The molecule has 1 aliphatic heterocycles. The van der Waals surface area contributed by atoms with Gasteiger partial charge in [-0.15, -0.1) is 0 Å². The Morgan fingerprint density at radius 1 is 1.22 bits per heavy atom. The zero-order valence-corrected chi connectivity index (χ0v) is 11.1. The van der Waals surface area contributed by atoms with Gasteiger partial charge in [0.15, 0.2) is 0 Å². The molecule has 1 aromatic heterocycles. The summed E-state index contributed by atoms with van der Waals surface area (Å²) in [6.45, 7) is 7.45. The summed E-state index contributed by atoms with van der Waals surface area (Å²) in [6, 6.07) is 2.18. The third-order valence-corrected chi connectivity index (χ3v) is 3.34. The lowest BCUT2D eigenvalue weighted by Crippen LogP contribution is -2.47. The van der Waals surface area contributed by atoms with Crippen molar-refractivity contribution in [1.29, 1.82) is 0 Å². The number of hydrogen-bond acceptors (Lipinski definition) is 5. The quantitative estimate of drug-likeness (QED) is 0.833. The highest BCUT2D eigenvalue weighted by atomic mass is 15.3. The van der Waals surface area contributed by atoms with Gasteiger partial charge >= 0.3 is 0 Å². The van der Waals surface area contributed by atoms with Crippen molar-refractivity contribution < 1.29 is 0 Å². The first-order valence-electron chi connectivity index (χ1n) is 6.75. The second-order valence-corrected chi connectivity index (χ2v) is 5.00. The van der Waals surface area contributed by atoms with E-state index < -0.39 is 0 Å². The molecule has 0 aliphatic carbocycles. The highest BCUT2D eigenvalue weighted by Crippen LogP contribution is 2.10. The van der Waals surface area contributed by atoms with Gasteiger partial charge in [0.05, 0.1) is 0 Å². The van der Waals surface area contributed by atoms with Crippen molar-refractivity contribution in [2.24, 2.45) is 5.73 Å². The first kappa shape index (κ1) is 13.2. The molecule has 1 fully saturated rings. The molecule has 1 aliphatic rings. The second kappa shape index (κ2) is 6.66. The third-order valence-electron chi connectivity index (χ3n) is 3.34. The van der Waals surface area contributed by atoms with Crippen molar-refractivity contribution in [2.75, 3.05) is 37.6 Å². The molecule has 2 rings (SSSR count). The Labute approximate surface area is 109 Å². The topological polar surface area (TPSA) is 58.3 Å². The molecule has 1 aromatic rings. The minimum atomic E-state index is 0.323. The lowest BCUT2D eigenvalue weighted by molar-refractivity contribution is 0.250. The normalized spacial score (nSPS) is 18.9. The van der Waals surface area contributed by atoms with E-state index in [4.69, 9.17) is 5.73 Å². The molecule has 0 radical (unpaired) electrons. The van der Waals surface area contributed by atoms with Gasteiger partial charge in [-0.2, -0.15) is 0 Å². The molecule has 0 aromatic carbocycles. The van der Waals surface area contributed by atoms with Gasteiger partial charge in [0.2, 0.25) is 5.95 Å². The molecule has 5 heteroatoms. The van der Waals surface area contributed by atoms with Crippen molar-refractivity contribution >= 4 is 5.95 Å². The minimum Gasteiger partial charge on any atom is -0.338 e. The molecule has 1 atom stereocenters. The van der Waals surface area contributed by atoms with E-state index in [0.29, 0.717) is 6.04 Å². The van der Waals surface area contributed by atoms with E-state index >= 15 is 0 Å². The van der Waals surface area contributed by atoms with Crippen LogP contribution in [0.5, 0.6) is 0 Å². The van der Waals surface area contributed by atoms with Gasteiger partial charge in [-0.05, 0) is 32.4 Å². The van der Waals surface area contributed by atoms with Crippen LogP contribution in [0.15, 0.2) is 18.5 Å². The van der Waals surface area contributed by atoms with E-state index in [-0.39, 0.29) is 0 Å². The largest absolute Gasteiger partial charge is 0.338 e. The van der Waals surface area contributed by atoms with Gasteiger partial charge < -0.3 is 10.6 Å². The third kappa shape index (κ3) is 3.92. The number of hydrogen-bond donors (Lipinski definition) is 1. The zero-order valence-electron chi connectivity index (χ0n) is 11.1. The fourth-order valence-electron chi connectivity index (χ4n) is 2.26. The molecule has 1 unspecified atom stereocenters. The van der Waals surface area contributed by atoms with Gasteiger partial charge in [0, 0.05) is 44.6 Å². The molecule has 0 saturated carbocycles. The molecule has 1 saturated heterocycles. The highest BCUT2D eigenvalue weighted by molar-refractivity contribution is 5.29. The Bertz CT molecular complexity index is 332. The number of anilines is 1. The van der Waals surface area contributed by atoms with Gasteiger partial charge in [-0.1, -0.05) is 0 Å². The standard InChI is InChI=1S/C13H23N5/c1-12(14)4-2-7-17-8-10-18(11-9-17)13-15-5-3-6-16-13/h3,5-6,12H,2,4,7-11,14H2,1H3. The van der Waals surface area contributed by atoms with E-state index in [9.17, 15) is 0 Å². The van der Waals surface area contributed by atoms with Crippen LogP contribution in [-0.2, 0) is 0 Å². The molecule has 0 amide bonds. The Balaban J connectivity index is 1.71. The molecule has 2 heterocycles. The Hall–Kier alpha value is -1.20. The van der Waals surface area contributed by atoms with Crippen LogP contribution in [0.2, 0.25) is 0 Å². The van der Waals surface area contributed by atoms with Crippen molar-refractivity contribution in [3.05, 3.63) is 18.5 Å². The molecule has 2 N–H and O–H groups in total. The Kier molecular flexibility index (Phi) is 4.90. The van der Waals surface area contributed by atoms with Crippen molar-refractivity contribution in [2.45, 2.75) is 25.8 Å². The maximum Gasteiger partial charge on any atom is 0.225 e. The van der Waals surface area contributed by atoms with Crippen molar-refractivity contribution in [3.8, 4) is 0 Å². The highest BCUT2D eigenvalue weighted by Gasteiger charge is 2.18. The summed E-state index contributed by atoms with van der Waals surface area (Å²) in [7, 11) is 0. The summed E-state index contributed by atoms with van der Waals surface area (Å²) in [5, 5.41) is 0. The molecule has 100 valence electrons. The van der Waals surface area contributed by atoms with E-state index in [2.05, 4.69) is 26.7 Å². The van der Waals surface area contributed by atoms with Crippen LogP contribution in [-0.4, -0.2) is 53.6 Å². The molecule has 0 bridgehead atoms. The minimum absolute atomic E-state index is 0.323. The van der Waals surface area contributed by atoms with E-state index in [1.807, 2.05) is 6.07 Å². The van der Waals surface area contributed by atoms with Crippen LogP contribution in [0.25, 0.3) is 0 Å². The average Bonchev–Trinajstić information content (AvgIpc) is 2.40. The van der Waals surface area contributed by atoms with E-state index in [1.165, 1.54) is 6.42 Å². The predicted molar refractivity (Wildman–Crippen MR) is 73.6 cm³/mol. The summed E-state index contributed by atoms with van der Waals surface area (Å²) < 4.78 is 0. The fourth-order valence-corrected chi connectivity index (χ4v) is 2.26. The van der Waals surface area contributed by atoms with Crippen LogP contribution in [0.1, 0.15) is 19.8 Å². The summed E-state index contributed by atoms with van der Waals surface area (Å²) in [5.74, 6) is 0.854. The summed E-state index contributed by atoms with van der Waals surface area (Å²) in [6.07, 6.45) is 5.91. The van der Waals surface area contributed by atoms with Crippen LogP contribution >= 0.6 is 0 Å². The fraction of sp³-hybridized carbons (Fsp3) is 0.692. The SMILES string of the molecule is CC(N)CCCN1CCN(c2ncccn2)CC1. The maximum atomic E-state index is 5.76. The molecular weight excluding hydrogens is 226 g/mol. The van der Waals surface area contributed by atoms with Gasteiger partial charge in [-0.25, -0.2) is 9.97 Å². The van der Waals surface area contributed by atoms with E-state index in [0.717, 1.165) is 45.1 Å². The Morgan fingerprint density at radius 3 is 2.50 bits per heavy atom. The number of aromatic nitrogens is 2. The Morgan fingerprint density at radius 2 is 1.89 bits per heavy atom. The van der Waals surface area contributed by atoms with Crippen LogP contribution in [0.3, 0.4) is 0 Å². The zero-order chi connectivity index (χ0) is 12.8. The van der Waals surface area contributed by atoms with Crippen molar-refractivity contribution in [1.82, 2.24) is 14.9 Å². The van der Waals surface area contributed by atoms with Crippen LogP contribution < -0.4 is 10.6 Å². The maximum absolute atomic E-state index is 5.76. The monoisotopic (exact) mass is 249 g/mol. The summed E-state index contributed by atoms with van der Waals surface area (Å²) in [5.41, 5.74) is 5.76. The van der Waals surface area contributed by atoms with Gasteiger partial charge in [0.25, 0.3) is 0 Å². The van der Waals surface area contributed by atoms with Crippen molar-refractivity contribution in [3.63, 3.8) is 0 Å². The summed E-state index contributed by atoms with van der Waals surface area (Å²) in [4.78, 5) is 13.3. The number of rotatable bonds is 5. The number of piperazine rings is 1. The first-order valence-corrected chi connectivity index (χ1v) is 6.75. The molecule has 5 nitrogen and oxygen atoms in total. The lowest BCUT2D eigenvalue weighted by Gasteiger charge is -2.34. The van der Waals surface area contributed by atoms with Gasteiger partial charge in [0.1, 0.15) is 0 Å². The predicted octanol–water partition coefficient (Wildman–Crippen LogP) is 0.726. The lowest BCUT2D eigenvalue weighted by atomic mass is 10.2. The van der Waals surface area contributed by atoms with Crippen LogP contribution in [0.4, 0.5) is 5.95 Å². The average molecular weight is 249 g/mol. The van der Waals surface area contributed by atoms with E-state index in [1.54, 1.807) is 12.4 Å². The van der Waals surface area contributed by atoms with Crippen LogP contribution in [0, 0.1) is 0 Å². The molecule has 0 spiro atoms. The second-order valence-electron chi connectivity index (χ2n) is 5.00. The van der Waals surface area contributed by atoms with Gasteiger partial charge in [-0.3, -0.25) is 4.90 Å². The number of nitrogens with zero attached hydrogens (tertiary/aromatic N) is 4. The number of nitrogens with two attached hydrogens (primary N) is 1. The first-order chi connectivity index (χ1) is 8.75.